The van der Waals surface area contributed by atoms with E-state index < -0.39 is 0 Å². The van der Waals surface area contributed by atoms with E-state index in [1.165, 1.54) is 11.8 Å². The maximum atomic E-state index is 8.79. The highest BCUT2D eigenvalue weighted by atomic mass is 79.9. The molecule has 0 aliphatic rings. The van der Waals surface area contributed by atoms with Crippen molar-refractivity contribution in [2.45, 2.75) is 16.7 Å². The number of aryl methyl sites for hydroxylation is 1. The number of nitrogens with zero attached hydrogens (tertiary/aromatic N) is 1. The van der Waals surface area contributed by atoms with Crippen LogP contribution in [-0.2, 0) is 0 Å². The summed E-state index contributed by atoms with van der Waals surface area (Å²) in [4.78, 5) is 1.89. The molecule has 3 N–H and O–H groups in total. The van der Waals surface area contributed by atoms with Gasteiger partial charge < -0.3 is 15.4 Å². The molecule has 1 aromatic carbocycles. The van der Waals surface area contributed by atoms with Crippen molar-refractivity contribution >= 4 is 33.5 Å². The first-order chi connectivity index (χ1) is 8.61. The Kier molecular flexibility index (Phi) is 3.98. The molecule has 0 bridgehead atoms. The third-order valence-electron chi connectivity index (χ3n) is 2.36. The van der Waals surface area contributed by atoms with Crippen LogP contribution in [0, 0.1) is 6.92 Å². The fourth-order valence-corrected chi connectivity index (χ4v) is 2.98. The fraction of sp³-hybridized carbons (Fsp3) is 0.0833. The van der Waals surface area contributed by atoms with E-state index in [4.69, 9.17) is 15.4 Å². The molecule has 0 radical (unpaired) electrons. The monoisotopic (exact) mass is 326 g/mol. The second-order valence-corrected chi connectivity index (χ2v) is 5.57. The van der Waals surface area contributed by atoms with E-state index in [1.807, 2.05) is 25.1 Å². The molecule has 1 aromatic heterocycles. The van der Waals surface area contributed by atoms with Crippen molar-refractivity contribution in [3.05, 3.63) is 46.3 Å². The smallest absolute Gasteiger partial charge is 0.171 e. The molecule has 0 saturated heterocycles. The normalized spacial score (nSPS) is 11.8. The Labute approximate surface area is 117 Å². The van der Waals surface area contributed by atoms with Crippen molar-refractivity contribution in [3.63, 3.8) is 0 Å². The number of amidine groups is 1. The van der Waals surface area contributed by atoms with E-state index in [0.29, 0.717) is 5.56 Å². The summed E-state index contributed by atoms with van der Waals surface area (Å²) in [6.07, 6.45) is 1.64. The van der Waals surface area contributed by atoms with Crippen LogP contribution in [0.2, 0.25) is 0 Å². The van der Waals surface area contributed by atoms with Gasteiger partial charge in [0.15, 0.2) is 5.84 Å². The van der Waals surface area contributed by atoms with Gasteiger partial charge in [-0.1, -0.05) is 32.8 Å². The zero-order chi connectivity index (χ0) is 13.1. The van der Waals surface area contributed by atoms with Gasteiger partial charge in [-0.2, -0.15) is 0 Å². The summed E-state index contributed by atoms with van der Waals surface area (Å²) in [5.74, 6) is 0.927. The van der Waals surface area contributed by atoms with E-state index in [9.17, 15) is 0 Å². The molecule has 0 saturated carbocycles. The molecule has 0 atom stereocenters. The molecule has 6 heteroatoms. The summed E-state index contributed by atoms with van der Waals surface area (Å²) < 4.78 is 6.18. The number of furan rings is 1. The van der Waals surface area contributed by atoms with Crippen molar-refractivity contribution in [2.24, 2.45) is 10.9 Å². The Morgan fingerprint density at radius 2 is 2.17 bits per heavy atom. The quantitative estimate of drug-likeness (QED) is 0.391. The summed E-state index contributed by atoms with van der Waals surface area (Å²) in [6, 6.07) is 7.46. The number of hydrogen-bond donors (Lipinski definition) is 2. The predicted octanol–water partition coefficient (Wildman–Crippen LogP) is 3.60. The van der Waals surface area contributed by atoms with Crippen molar-refractivity contribution in [1.29, 1.82) is 0 Å². The SMILES string of the molecule is Cc1occc1Sc1cc(Br)ccc1/C(N)=N/O. The van der Waals surface area contributed by atoms with Crippen LogP contribution in [0.4, 0.5) is 0 Å². The zero-order valence-electron chi connectivity index (χ0n) is 9.55. The highest BCUT2D eigenvalue weighted by Crippen LogP contribution is 2.34. The zero-order valence-corrected chi connectivity index (χ0v) is 12.0. The van der Waals surface area contributed by atoms with Crippen molar-refractivity contribution in [2.75, 3.05) is 0 Å². The van der Waals surface area contributed by atoms with Gasteiger partial charge in [0, 0.05) is 14.9 Å². The lowest BCUT2D eigenvalue weighted by molar-refractivity contribution is 0.318. The Morgan fingerprint density at radius 1 is 1.39 bits per heavy atom. The number of oxime groups is 1. The average molecular weight is 327 g/mol. The molecular weight excluding hydrogens is 316 g/mol. The topological polar surface area (TPSA) is 71.8 Å². The van der Waals surface area contributed by atoms with E-state index in [1.54, 1.807) is 12.3 Å². The predicted molar refractivity (Wildman–Crippen MR) is 74.2 cm³/mol. The van der Waals surface area contributed by atoms with Crippen molar-refractivity contribution in [1.82, 2.24) is 0 Å². The molecule has 0 spiro atoms. The van der Waals surface area contributed by atoms with E-state index in [2.05, 4.69) is 21.1 Å². The third-order valence-corrected chi connectivity index (χ3v) is 4.05. The van der Waals surface area contributed by atoms with E-state index in [-0.39, 0.29) is 5.84 Å². The lowest BCUT2D eigenvalue weighted by Gasteiger charge is -2.07. The molecule has 2 rings (SSSR count). The molecular formula is C12H11BrN2O2S. The minimum absolute atomic E-state index is 0.0890. The largest absolute Gasteiger partial charge is 0.468 e. The molecule has 0 fully saturated rings. The number of nitrogens with two attached hydrogens (primary N) is 1. The van der Waals surface area contributed by atoms with E-state index >= 15 is 0 Å². The standard InChI is InChI=1S/C12H11BrN2O2S/c1-7-10(4-5-17-7)18-11-6-8(13)2-3-9(11)12(14)15-16/h2-6,16H,1H3,(H2,14,15). The average Bonchev–Trinajstić information content (AvgIpc) is 2.74. The number of benzene rings is 1. The first kappa shape index (κ1) is 13.0. The van der Waals surface area contributed by atoms with Gasteiger partial charge in [0.25, 0.3) is 0 Å². The Balaban J connectivity index is 2.43. The lowest BCUT2D eigenvalue weighted by Crippen LogP contribution is -2.14. The number of rotatable bonds is 3. The van der Waals surface area contributed by atoms with Crippen LogP contribution >= 0.6 is 27.7 Å². The third kappa shape index (κ3) is 2.70. The number of hydrogen-bond acceptors (Lipinski definition) is 4. The van der Waals surface area contributed by atoms with Crippen LogP contribution in [0.15, 0.2) is 54.4 Å². The van der Waals surface area contributed by atoms with Crippen molar-refractivity contribution in [3.8, 4) is 0 Å². The van der Waals surface area contributed by atoms with Crippen LogP contribution in [-0.4, -0.2) is 11.0 Å². The van der Waals surface area contributed by atoms with Gasteiger partial charge in [0.1, 0.15) is 5.76 Å². The first-order valence-electron chi connectivity index (χ1n) is 5.11. The molecule has 4 nitrogen and oxygen atoms in total. The van der Waals surface area contributed by atoms with Crippen molar-refractivity contribution < 1.29 is 9.62 Å². The van der Waals surface area contributed by atoms with Gasteiger partial charge in [0.05, 0.1) is 11.2 Å². The minimum atomic E-state index is 0.0890. The Bertz CT molecular complexity index is 596. The van der Waals surface area contributed by atoms with E-state index in [0.717, 1.165) is 20.0 Å². The summed E-state index contributed by atoms with van der Waals surface area (Å²) >= 11 is 4.92. The second kappa shape index (κ2) is 5.49. The van der Waals surface area contributed by atoms with Crippen LogP contribution in [0.5, 0.6) is 0 Å². The highest BCUT2D eigenvalue weighted by Gasteiger charge is 2.11. The fourth-order valence-electron chi connectivity index (χ4n) is 1.44. The summed E-state index contributed by atoms with van der Waals surface area (Å²) in [5.41, 5.74) is 6.35. The van der Waals surface area contributed by atoms with Gasteiger partial charge in [-0.25, -0.2) is 0 Å². The Morgan fingerprint density at radius 3 is 2.78 bits per heavy atom. The van der Waals surface area contributed by atoms with Crippen LogP contribution < -0.4 is 5.73 Å². The number of halogens is 1. The highest BCUT2D eigenvalue weighted by molar-refractivity contribution is 9.10. The molecule has 0 amide bonds. The van der Waals surface area contributed by atoms with Gasteiger partial charge in [-0.15, -0.1) is 0 Å². The minimum Gasteiger partial charge on any atom is -0.468 e. The van der Waals surface area contributed by atoms with Gasteiger partial charge in [-0.3, -0.25) is 0 Å². The molecule has 0 unspecified atom stereocenters. The van der Waals surface area contributed by atoms with Crippen LogP contribution in [0.1, 0.15) is 11.3 Å². The molecule has 0 aliphatic heterocycles. The molecule has 1 heterocycles. The summed E-state index contributed by atoms with van der Waals surface area (Å²) in [6.45, 7) is 1.89. The van der Waals surface area contributed by atoms with Gasteiger partial charge in [0.2, 0.25) is 0 Å². The lowest BCUT2D eigenvalue weighted by atomic mass is 10.2. The van der Waals surface area contributed by atoms with Crippen LogP contribution in [0.3, 0.4) is 0 Å². The molecule has 18 heavy (non-hydrogen) atoms. The maximum absolute atomic E-state index is 8.79. The van der Waals surface area contributed by atoms with Crippen LogP contribution in [0.25, 0.3) is 0 Å². The Hall–Kier alpha value is -1.40. The van der Waals surface area contributed by atoms with Gasteiger partial charge >= 0.3 is 0 Å². The first-order valence-corrected chi connectivity index (χ1v) is 6.72. The van der Waals surface area contributed by atoms with Gasteiger partial charge in [-0.05, 0) is 31.2 Å². The molecule has 94 valence electrons. The maximum Gasteiger partial charge on any atom is 0.171 e. The molecule has 0 aliphatic carbocycles. The second-order valence-electron chi connectivity index (χ2n) is 3.57. The summed E-state index contributed by atoms with van der Waals surface area (Å²) in [7, 11) is 0. The summed E-state index contributed by atoms with van der Waals surface area (Å²) in [5, 5.41) is 11.8. The molecule has 2 aromatic rings.